The average molecular weight is 325 g/mol. The molecule has 1 atom stereocenters. The van der Waals surface area contributed by atoms with Crippen LogP contribution in [-0.4, -0.2) is 43.9 Å². The molecule has 1 saturated heterocycles. The summed E-state index contributed by atoms with van der Waals surface area (Å²) < 4.78 is 0.866. The predicted octanol–water partition coefficient (Wildman–Crippen LogP) is 3.18. The molecule has 19 heavy (non-hydrogen) atoms. The molecule has 0 aliphatic carbocycles. The Kier molecular flexibility index (Phi) is 4.99. The van der Waals surface area contributed by atoms with E-state index in [1.165, 1.54) is 19.4 Å². The highest BCUT2D eigenvalue weighted by Crippen LogP contribution is 2.24. The van der Waals surface area contributed by atoms with Crippen molar-refractivity contribution in [3.05, 3.63) is 28.2 Å². The number of hydrogen-bond acceptors (Lipinski definition) is 3. The van der Waals surface area contributed by atoms with Gasteiger partial charge in [-0.15, -0.1) is 0 Å². The second-order valence-electron chi connectivity index (χ2n) is 5.13. The van der Waals surface area contributed by atoms with Crippen LogP contribution in [0.1, 0.15) is 30.1 Å². The van der Waals surface area contributed by atoms with Gasteiger partial charge in [-0.25, -0.2) is 0 Å². The fourth-order valence-electron chi connectivity index (χ4n) is 2.79. The molecule has 1 unspecified atom stereocenters. The van der Waals surface area contributed by atoms with Crippen LogP contribution in [-0.2, 0) is 0 Å². The lowest BCUT2D eigenvalue weighted by Gasteiger charge is -2.29. The molecular weight excluding hydrogens is 304 g/mol. The molecule has 4 heteroatoms. The van der Waals surface area contributed by atoms with Crippen LogP contribution in [0.4, 0.5) is 5.69 Å². The number of halogens is 1. The van der Waals surface area contributed by atoms with Crippen LogP contribution in [0.2, 0.25) is 0 Å². The summed E-state index contributed by atoms with van der Waals surface area (Å²) in [5, 5.41) is 0. The van der Waals surface area contributed by atoms with Crippen molar-refractivity contribution in [1.29, 1.82) is 0 Å². The molecule has 2 rings (SSSR count). The first-order valence-corrected chi connectivity index (χ1v) is 7.65. The normalized spacial score (nSPS) is 19.6. The number of likely N-dealkylation sites (N-methyl/N-ethyl adjacent to an activating group) is 2. The van der Waals surface area contributed by atoms with Crippen LogP contribution >= 0.6 is 15.9 Å². The molecule has 0 amide bonds. The van der Waals surface area contributed by atoms with Gasteiger partial charge in [0.1, 0.15) is 0 Å². The molecule has 0 spiro atoms. The van der Waals surface area contributed by atoms with Gasteiger partial charge in [-0.2, -0.15) is 0 Å². The van der Waals surface area contributed by atoms with Crippen molar-refractivity contribution in [2.75, 3.05) is 31.6 Å². The fourth-order valence-corrected chi connectivity index (χ4v) is 3.25. The minimum absolute atomic E-state index is 0.652. The number of hydrogen-bond donors (Lipinski definition) is 0. The first kappa shape index (κ1) is 14.5. The lowest BCUT2D eigenvalue weighted by Crippen LogP contribution is -2.38. The molecular formula is C15H21BrN2O. The Labute approximate surface area is 123 Å². The van der Waals surface area contributed by atoms with Crippen LogP contribution in [0.5, 0.6) is 0 Å². The van der Waals surface area contributed by atoms with Crippen molar-refractivity contribution in [2.24, 2.45) is 0 Å². The molecule has 1 aliphatic heterocycles. The average Bonchev–Trinajstić information content (AvgIpc) is 2.85. The summed E-state index contributed by atoms with van der Waals surface area (Å²) in [6, 6.07) is 6.56. The molecule has 0 saturated carbocycles. The Hall–Kier alpha value is -0.870. The molecule has 0 N–H and O–H groups in total. The van der Waals surface area contributed by atoms with Crippen molar-refractivity contribution < 1.29 is 4.79 Å². The summed E-state index contributed by atoms with van der Waals surface area (Å²) in [5.41, 5.74) is 1.86. The zero-order chi connectivity index (χ0) is 13.8. The summed E-state index contributed by atoms with van der Waals surface area (Å²) in [6.07, 6.45) is 3.47. The molecule has 0 radical (unpaired) electrons. The Bertz CT molecular complexity index is 450. The Morgan fingerprint density at radius 1 is 1.53 bits per heavy atom. The van der Waals surface area contributed by atoms with Gasteiger partial charge in [0.2, 0.25) is 0 Å². The van der Waals surface area contributed by atoms with Gasteiger partial charge in [0, 0.05) is 35.4 Å². The molecule has 1 heterocycles. The highest BCUT2D eigenvalue weighted by molar-refractivity contribution is 9.10. The van der Waals surface area contributed by atoms with E-state index in [1.54, 1.807) is 0 Å². The van der Waals surface area contributed by atoms with E-state index < -0.39 is 0 Å². The molecule has 3 nitrogen and oxygen atoms in total. The van der Waals surface area contributed by atoms with Crippen molar-refractivity contribution in [2.45, 2.75) is 25.8 Å². The number of carbonyl (C=O) groups is 1. The van der Waals surface area contributed by atoms with Crippen molar-refractivity contribution in [1.82, 2.24) is 4.90 Å². The van der Waals surface area contributed by atoms with Crippen molar-refractivity contribution in [3.8, 4) is 0 Å². The molecule has 1 aliphatic rings. The van der Waals surface area contributed by atoms with Crippen LogP contribution in [0, 0.1) is 0 Å². The van der Waals surface area contributed by atoms with Crippen LogP contribution in [0.25, 0.3) is 0 Å². The Balaban J connectivity index is 2.05. The maximum atomic E-state index is 10.8. The lowest BCUT2D eigenvalue weighted by molar-refractivity contribution is 0.112. The number of benzene rings is 1. The number of aldehydes is 1. The monoisotopic (exact) mass is 324 g/mol. The quantitative estimate of drug-likeness (QED) is 0.777. The zero-order valence-electron chi connectivity index (χ0n) is 11.6. The molecule has 0 aromatic heterocycles. The smallest absolute Gasteiger partial charge is 0.151 e. The minimum Gasteiger partial charge on any atom is -0.373 e. The minimum atomic E-state index is 0.652. The van der Waals surface area contributed by atoms with Gasteiger partial charge >= 0.3 is 0 Å². The summed E-state index contributed by atoms with van der Waals surface area (Å²) >= 11 is 3.45. The summed E-state index contributed by atoms with van der Waals surface area (Å²) in [5.74, 6) is 0. The molecule has 104 valence electrons. The van der Waals surface area contributed by atoms with Gasteiger partial charge < -0.3 is 4.90 Å². The lowest BCUT2D eigenvalue weighted by atomic mass is 10.1. The van der Waals surface area contributed by atoms with E-state index >= 15 is 0 Å². The number of likely N-dealkylation sites (tertiary alicyclic amines) is 1. The van der Waals surface area contributed by atoms with Crippen LogP contribution < -0.4 is 4.90 Å². The van der Waals surface area contributed by atoms with Crippen LogP contribution in [0.15, 0.2) is 22.7 Å². The Morgan fingerprint density at radius 3 is 2.95 bits per heavy atom. The van der Waals surface area contributed by atoms with E-state index in [-0.39, 0.29) is 0 Å². The van der Waals surface area contributed by atoms with Crippen molar-refractivity contribution in [3.63, 3.8) is 0 Å². The first-order chi connectivity index (χ1) is 9.15. The third-order valence-electron chi connectivity index (χ3n) is 3.94. The summed E-state index contributed by atoms with van der Waals surface area (Å²) in [4.78, 5) is 15.6. The van der Waals surface area contributed by atoms with Gasteiger partial charge in [-0.3, -0.25) is 9.69 Å². The summed E-state index contributed by atoms with van der Waals surface area (Å²) in [6.45, 7) is 5.63. The van der Waals surface area contributed by atoms with Crippen LogP contribution in [0.3, 0.4) is 0 Å². The maximum Gasteiger partial charge on any atom is 0.151 e. The van der Waals surface area contributed by atoms with Gasteiger partial charge in [0.15, 0.2) is 6.29 Å². The van der Waals surface area contributed by atoms with E-state index in [4.69, 9.17) is 0 Å². The number of carbonyl (C=O) groups excluding carboxylic acids is 1. The van der Waals surface area contributed by atoms with Gasteiger partial charge in [0.05, 0.1) is 0 Å². The van der Waals surface area contributed by atoms with Gasteiger partial charge in [-0.05, 0) is 60.1 Å². The largest absolute Gasteiger partial charge is 0.373 e. The number of anilines is 1. The fraction of sp³-hybridized carbons (Fsp3) is 0.533. The van der Waals surface area contributed by atoms with Gasteiger partial charge in [-0.1, -0.05) is 6.92 Å². The SMILES string of the molecule is CCN1CCCC1CN(C)c1ccc(C=O)c(Br)c1. The Morgan fingerprint density at radius 2 is 2.32 bits per heavy atom. The molecule has 1 fully saturated rings. The topological polar surface area (TPSA) is 23.6 Å². The van der Waals surface area contributed by atoms with E-state index in [0.29, 0.717) is 11.6 Å². The molecule has 1 aromatic rings. The van der Waals surface area contributed by atoms with E-state index in [2.05, 4.69) is 39.7 Å². The third-order valence-corrected chi connectivity index (χ3v) is 4.63. The van der Waals surface area contributed by atoms with Crippen molar-refractivity contribution >= 4 is 27.9 Å². The van der Waals surface area contributed by atoms with E-state index in [9.17, 15) is 4.79 Å². The standard InChI is InChI=1S/C15H21BrN2O/c1-3-18-8-4-5-14(18)10-17(2)13-7-6-12(11-19)15(16)9-13/h6-7,9,11,14H,3-5,8,10H2,1-2H3. The number of rotatable bonds is 5. The zero-order valence-corrected chi connectivity index (χ0v) is 13.2. The number of nitrogens with zero attached hydrogens (tertiary/aromatic N) is 2. The second-order valence-corrected chi connectivity index (χ2v) is 5.98. The van der Waals surface area contributed by atoms with Gasteiger partial charge in [0.25, 0.3) is 0 Å². The highest BCUT2D eigenvalue weighted by atomic mass is 79.9. The van der Waals surface area contributed by atoms with E-state index in [0.717, 1.165) is 29.5 Å². The van der Waals surface area contributed by atoms with E-state index in [1.807, 2.05) is 18.2 Å². The maximum absolute atomic E-state index is 10.8. The predicted molar refractivity (Wildman–Crippen MR) is 83.1 cm³/mol. The molecule has 0 bridgehead atoms. The summed E-state index contributed by atoms with van der Waals surface area (Å²) in [7, 11) is 2.12. The molecule has 1 aromatic carbocycles. The highest BCUT2D eigenvalue weighted by Gasteiger charge is 2.24. The third kappa shape index (κ3) is 3.37. The second kappa shape index (κ2) is 6.53. The first-order valence-electron chi connectivity index (χ1n) is 6.85.